The van der Waals surface area contributed by atoms with Crippen molar-refractivity contribution in [2.45, 2.75) is 13.8 Å². The van der Waals surface area contributed by atoms with Crippen LogP contribution in [-0.2, 0) is 9.59 Å². The lowest BCUT2D eigenvalue weighted by Gasteiger charge is -2.12. The van der Waals surface area contributed by atoms with E-state index < -0.39 is 5.41 Å². The lowest BCUT2D eigenvalue weighted by molar-refractivity contribution is -0.136. The highest BCUT2D eigenvalue weighted by Gasteiger charge is 2.46. The number of nitrogens with one attached hydrogen (secondary N) is 1. The van der Waals surface area contributed by atoms with Gasteiger partial charge in [0.15, 0.2) is 0 Å². The maximum Gasteiger partial charge on any atom is 0.257 e. The lowest BCUT2D eigenvalue weighted by atomic mass is 9.93. The minimum absolute atomic E-state index is 0.103. The molecule has 0 aromatic carbocycles. The lowest BCUT2D eigenvalue weighted by Crippen LogP contribution is -2.36. The first-order chi connectivity index (χ1) is 5.50. The van der Waals surface area contributed by atoms with Crippen molar-refractivity contribution >= 4 is 11.8 Å². The van der Waals surface area contributed by atoms with Crippen LogP contribution in [0.3, 0.4) is 0 Å². The Morgan fingerprint density at radius 1 is 1.58 bits per heavy atom. The van der Waals surface area contributed by atoms with Gasteiger partial charge in [0, 0.05) is 0 Å². The van der Waals surface area contributed by atoms with E-state index in [4.69, 9.17) is 5.26 Å². The van der Waals surface area contributed by atoms with Crippen LogP contribution in [0.15, 0.2) is 0 Å². The molecule has 1 aliphatic rings. The number of hydrazine groups is 1. The molecule has 5 heteroatoms. The summed E-state index contributed by atoms with van der Waals surface area (Å²) in [6, 6.07) is 1.79. The summed E-state index contributed by atoms with van der Waals surface area (Å²) < 4.78 is 0. The Labute approximate surface area is 69.9 Å². The Hall–Kier alpha value is -1.57. The summed E-state index contributed by atoms with van der Waals surface area (Å²) in [5.41, 5.74) is 1.29. The van der Waals surface area contributed by atoms with Crippen LogP contribution in [-0.4, -0.2) is 23.4 Å². The second-order valence-corrected chi connectivity index (χ2v) is 3.12. The van der Waals surface area contributed by atoms with Crippen LogP contribution in [0.4, 0.5) is 0 Å². The largest absolute Gasteiger partial charge is 0.272 e. The van der Waals surface area contributed by atoms with Gasteiger partial charge in [-0.15, -0.1) is 0 Å². The summed E-state index contributed by atoms with van der Waals surface area (Å²) in [6.45, 7) is 2.96. The third kappa shape index (κ3) is 1.01. The normalized spacial score (nSPS) is 20.6. The van der Waals surface area contributed by atoms with Crippen molar-refractivity contribution in [1.29, 1.82) is 5.26 Å². The molecule has 0 radical (unpaired) electrons. The van der Waals surface area contributed by atoms with Gasteiger partial charge in [-0.05, 0) is 13.8 Å². The summed E-state index contributed by atoms with van der Waals surface area (Å²) in [5.74, 6) is -0.711. The monoisotopic (exact) mass is 167 g/mol. The van der Waals surface area contributed by atoms with E-state index in [9.17, 15) is 9.59 Å². The van der Waals surface area contributed by atoms with Gasteiger partial charge in [-0.25, -0.2) is 5.01 Å². The first-order valence-electron chi connectivity index (χ1n) is 3.50. The molecule has 0 spiro atoms. The Balaban J connectivity index is 2.85. The van der Waals surface area contributed by atoms with Crippen LogP contribution in [0.25, 0.3) is 0 Å². The van der Waals surface area contributed by atoms with Gasteiger partial charge < -0.3 is 0 Å². The molecule has 0 atom stereocenters. The Morgan fingerprint density at radius 2 is 2.17 bits per heavy atom. The van der Waals surface area contributed by atoms with Gasteiger partial charge in [0.1, 0.15) is 12.0 Å². The Kier molecular flexibility index (Phi) is 1.76. The molecule has 0 aromatic rings. The average Bonchev–Trinajstić information content (AvgIpc) is 2.17. The standard InChI is InChI=1S/C7H9N3O2/c1-7(2)5(11)9-10(4-3-8)6(7)12/h4H2,1-2H3,(H,9,11). The van der Waals surface area contributed by atoms with Crippen LogP contribution in [0, 0.1) is 16.7 Å². The van der Waals surface area contributed by atoms with Gasteiger partial charge in [-0.2, -0.15) is 5.26 Å². The third-order valence-electron chi connectivity index (χ3n) is 1.81. The summed E-state index contributed by atoms with van der Waals surface area (Å²) in [7, 11) is 0. The molecular weight excluding hydrogens is 158 g/mol. The smallest absolute Gasteiger partial charge is 0.257 e. The maximum atomic E-state index is 11.3. The molecule has 5 nitrogen and oxygen atoms in total. The van der Waals surface area contributed by atoms with Crippen molar-refractivity contribution in [3.63, 3.8) is 0 Å². The first-order valence-corrected chi connectivity index (χ1v) is 3.50. The number of hydrogen-bond acceptors (Lipinski definition) is 3. The molecule has 0 aliphatic carbocycles. The number of rotatable bonds is 1. The van der Waals surface area contributed by atoms with E-state index in [-0.39, 0.29) is 18.4 Å². The molecule has 0 saturated carbocycles. The zero-order valence-electron chi connectivity index (χ0n) is 6.92. The van der Waals surface area contributed by atoms with E-state index in [1.807, 2.05) is 0 Å². The summed E-state index contributed by atoms with van der Waals surface area (Å²) >= 11 is 0. The quantitative estimate of drug-likeness (QED) is 0.419. The van der Waals surface area contributed by atoms with Crippen LogP contribution >= 0.6 is 0 Å². The molecule has 64 valence electrons. The van der Waals surface area contributed by atoms with Crippen molar-refractivity contribution in [3.8, 4) is 6.07 Å². The van der Waals surface area contributed by atoms with Gasteiger partial charge >= 0.3 is 0 Å². The van der Waals surface area contributed by atoms with Crippen LogP contribution in [0.2, 0.25) is 0 Å². The number of nitriles is 1. The predicted molar refractivity (Wildman–Crippen MR) is 39.2 cm³/mol. The van der Waals surface area contributed by atoms with Crippen molar-refractivity contribution in [1.82, 2.24) is 10.4 Å². The van der Waals surface area contributed by atoms with Gasteiger partial charge in [-0.1, -0.05) is 0 Å². The van der Waals surface area contributed by atoms with Crippen molar-refractivity contribution in [2.24, 2.45) is 5.41 Å². The van der Waals surface area contributed by atoms with E-state index in [0.29, 0.717) is 0 Å². The Morgan fingerprint density at radius 3 is 2.50 bits per heavy atom. The molecule has 0 bridgehead atoms. The van der Waals surface area contributed by atoms with Crippen molar-refractivity contribution in [2.75, 3.05) is 6.54 Å². The van der Waals surface area contributed by atoms with Gasteiger partial charge in [0.2, 0.25) is 0 Å². The molecule has 0 aromatic heterocycles. The number of amides is 2. The second kappa shape index (κ2) is 2.48. The molecule has 1 N–H and O–H groups in total. The molecule has 12 heavy (non-hydrogen) atoms. The van der Waals surface area contributed by atoms with Crippen LogP contribution in [0.5, 0.6) is 0 Å². The highest BCUT2D eigenvalue weighted by Crippen LogP contribution is 2.23. The molecule has 2 amide bonds. The molecule has 0 unspecified atom stereocenters. The van der Waals surface area contributed by atoms with E-state index in [2.05, 4.69) is 5.43 Å². The van der Waals surface area contributed by atoms with Gasteiger partial charge in [0.25, 0.3) is 11.8 Å². The Bertz CT molecular complexity index is 277. The van der Waals surface area contributed by atoms with E-state index in [1.54, 1.807) is 6.07 Å². The second-order valence-electron chi connectivity index (χ2n) is 3.12. The summed E-state index contributed by atoms with van der Waals surface area (Å²) in [6.07, 6.45) is 0. The fourth-order valence-electron chi connectivity index (χ4n) is 0.930. The van der Waals surface area contributed by atoms with E-state index >= 15 is 0 Å². The minimum Gasteiger partial charge on any atom is -0.272 e. The summed E-state index contributed by atoms with van der Waals surface area (Å²) in [5, 5.41) is 9.34. The predicted octanol–water partition coefficient (Wildman–Crippen LogP) is -0.590. The maximum absolute atomic E-state index is 11.3. The number of carbonyl (C=O) groups is 2. The number of carbonyl (C=O) groups excluding carboxylic acids is 2. The number of nitrogens with zero attached hydrogens (tertiary/aromatic N) is 2. The molecule has 1 aliphatic heterocycles. The van der Waals surface area contributed by atoms with E-state index in [0.717, 1.165) is 5.01 Å². The zero-order chi connectivity index (χ0) is 9.35. The third-order valence-corrected chi connectivity index (χ3v) is 1.81. The molecule has 1 rings (SSSR count). The highest BCUT2D eigenvalue weighted by molar-refractivity contribution is 6.08. The fraction of sp³-hybridized carbons (Fsp3) is 0.571. The molecule has 1 heterocycles. The molecular formula is C7H9N3O2. The van der Waals surface area contributed by atoms with Crippen LogP contribution < -0.4 is 5.43 Å². The fourth-order valence-corrected chi connectivity index (χ4v) is 0.930. The molecule has 1 fully saturated rings. The van der Waals surface area contributed by atoms with Crippen LogP contribution in [0.1, 0.15) is 13.8 Å². The molecule has 1 saturated heterocycles. The number of hydrogen-bond donors (Lipinski definition) is 1. The topological polar surface area (TPSA) is 73.2 Å². The average molecular weight is 167 g/mol. The first kappa shape index (κ1) is 8.53. The summed E-state index contributed by atoms with van der Waals surface area (Å²) in [4.78, 5) is 22.4. The van der Waals surface area contributed by atoms with Gasteiger partial charge in [0.05, 0.1) is 6.07 Å². The zero-order valence-corrected chi connectivity index (χ0v) is 6.92. The van der Waals surface area contributed by atoms with Crippen molar-refractivity contribution in [3.05, 3.63) is 0 Å². The van der Waals surface area contributed by atoms with Gasteiger partial charge in [-0.3, -0.25) is 15.0 Å². The highest BCUT2D eigenvalue weighted by atomic mass is 16.2. The minimum atomic E-state index is -1.03. The SMILES string of the molecule is CC1(C)C(=O)NN(CC#N)C1=O. The van der Waals surface area contributed by atoms with E-state index in [1.165, 1.54) is 13.8 Å². The van der Waals surface area contributed by atoms with Crippen molar-refractivity contribution < 1.29 is 9.59 Å².